The Hall–Kier alpha value is -1.36. The number of carbonyl (C=O) groups is 2. The van der Waals surface area contributed by atoms with E-state index in [1.54, 1.807) is 12.1 Å². The second-order valence-corrected chi connectivity index (χ2v) is 4.12. The quantitative estimate of drug-likeness (QED) is 0.864. The van der Waals surface area contributed by atoms with Crippen LogP contribution in [0.25, 0.3) is 0 Å². The third-order valence-electron chi connectivity index (χ3n) is 2.13. The lowest BCUT2D eigenvalue weighted by Gasteiger charge is -2.14. The van der Waals surface area contributed by atoms with Crippen LogP contribution in [0.1, 0.15) is 27.7 Å². The standard InChI is InChI=1S/C11H11BrO4/c1-6(13)10(12)9-7(11(14)15)4-3-5-8(9)16-2/h3-5,10H,1-2H3,(H,14,15). The normalized spacial score (nSPS) is 11.9. The number of carboxylic acid groups (broad SMARTS) is 1. The van der Waals surface area contributed by atoms with Crippen LogP contribution in [0.4, 0.5) is 0 Å². The van der Waals surface area contributed by atoms with Gasteiger partial charge < -0.3 is 9.84 Å². The molecule has 0 saturated heterocycles. The van der Waals surface area contributed by atoms with Gasteiger partial charge in [-0.25, -0.2) is 4.79 Å². The second kappa shape index (κ2) is 5.12. The molecule has 1 aromatic carbocycles. The average molecular weight is 287 g/mol. The number of halogens is 1. The molecular formula is C11H11BrO4. The maximum atomic E-state index is 11.3. The maximum Gasteiger partial charge on any atom is 0.336 e. The minimum Gasteiger partial charge on any atom is -0.496 e. The van der Waals surface area contributed by atoms with Gasteiger partial charge in [-0.3, -0.25) is 4.79 Å². The highest BCUT2D eigenvalue weighted by molar-refractivity contribution is 9.09. The van der Waals surface area contributed by atoms with Crippen molar-refractivity contribution in [3.05, 3.63) is 29.3 Å². The molecule has 5 heteroatoms. The van der Waals surface area contributed by atoms with Gasteiger partial charge in [0.05, 0.1) is 12.7 Å². The lowest BCUT2D eigenvalue weighted by Crippen LogP contribution is -2.10. The number of rotatable bonds is 4. The number of aromatic carboxylic acids is 1. The molecule has 1 rings (SSSR count). The van der Waals surface area contributed by atoms with E-state index >= 15 is 0 Å². The van der Waals surface area contributed by atoms with Crippen molar-refractivity contribution in [1.82, 2.24) is 0 Å². The van der Waals surface area contributed by atoms with Gasteiger partial charge in [-0.2, -0.15) is 0 Å². The van der Waals surface area contributed by atoms with Crippen molar-refractivity contribution in [2.45, 2.75) is 11.8 Å². The Kier molecular flexibility index (Phi) is 4.06. The minimum absolute atomic E-state index is 0.0661. The SMILES string of the molecule is COc1cccc(C(=O)O)c1C(Br)C(C)=O. The molecule has 4 nitrogen and oxygen atoms in total. The van der Waals surface area contributed by atoms with Crippen molar-refractivity contribution in [1.29, 1.82) is 0 Å². The van der Waals surface area contributed by atoms with Gasteiger partial charge in [0.2, 0.25) is 0 Å². The highest BCUT2D eigenvalue weighted by atomic mass is 79.9. The molecule has 16 heavy (non-hydrogen) atoms. The molecule has 0 saturated carbocycles. The van der Waals surface area contributed by atoms with E-state index in [9.17, 15) is 9.59 Å². The first-order valence-corrected chi connectivity index (χ1v) is 5.45. The van der Waals surface area contributed by atoms with Gasteiger partial charge in [0, 0.05) is 5.56 Å². The molecule has 0 aliphatic carbocycles. The van der Waals surface area contributed by atoms with Crippen LogP contribution < -0.4 is 4.74 Å². The summed E-state index contributed by atoms with van der Waals surface area (Å²) < 4.78 is 5.06. The van der Waals surface area contributed by atoms with Crippen LogP contribution in [0, 0.1) is 0 Å². The van der Waals surface area contributed by atoms with Gasteiger partial charge in [0.25, 0.3) is 0 Å². The Balaban J connectivity index is 3.41. The van der Waals surface area contributed by atoms with E-state index in [1.165, 1.54) is 20.1 Å². The van der Waals surface area contributed by atoms with E-state index < -0.39 is 10.8 Å². The maximum absolute atomic E-state index is 11.3. The molecule has 0 fully saturated rings. The van der Waals surface area contributed by atoms with E-state index in [2.05, 4.69) is 15.9 Å². The van der Waals surface area contributed by atoms with Crippen molar-refractivity contribution < 1.29 is 19.4 Å². The zero-order valence-electron chi connectivity index (χ0n) is 8.86. The zero-order chi connectivity index (χ0) is 12.3. The summed E-state index contributed by atoms with van der Waals surface area (Å²) in [7, 11) is 1.43. The molecule has 1 aromatic rings. The van der Waals surface area contributed by atoms with E-state index in [-0.39, 0.29) is 11.3 Å². The number of alkyl halides is 1. The van der Waals surface area contributed by atoms with Crippen molar-refractivity contribution in [2.24, 2.45) is 0 Å². The predicted molar refractivity (Wildman–Crippen MR) is 62.3 cm³/mol. The van der Waals surface area contributed by atoms with Crippen LogP contribution in [0.2, 0.25) is 0 Å². The summed E-state index contributed by atoms with van der Waals surface area (Å²) in [6.07, 6.45) is 0. The zero-order valence-corrected chi connectivity index (χ0v) is 10.4. The highest BCUT2D eigenvalue weighted by Gasteiger charge is 2.24. The van der Waals surface area contributed by atoms with Gasteiger partial charge in [0.1, 0.15) is 16.4 Å². The topological polar surface area (TPSA) is 63.6 Å². The number of Topliss-reactive ketones (excluding diaryl/α,β-unsaturated/α-hetero) is 1. The molecule has 0 spiro atoms. The minimum atomic E-state index is -1.08. The third-order valence-corrected chi connectivity index (χ3v) is 3.23. The number of carboxylic acids is 1. The molecule has 1 N–H and O–H groups in total. The Morgan fingerprint density at radius 1 is 1.44 bits per heavy atom. The van der Waals surface area contributed by atoms with Crippen molar-refractivity contribution >= 4 is 27.7 Å². The molecule has 1 atom stereocenters. The first kappa shape index (κ1) is 12.7. The van der Waals surface area contributed by atoms with Gasteiger partial charge >= 0.3 is 5.97 Å². The van der Waals surface area contributed by atoms with Gasteiger partial charge in [-0.15, -0.1) is 0 Å². The number of ether oxygens (including phenoxy) is 1. The number of benzene rings is 1. The fourth-order valence-corrected chi connectivity index (χ4v) is 1.85. The molecule has 0 aromatic heterocycles. The van der Waals surface area contributed by atoms with Gasteiger partial charge in [-0.1, -0.05) is 22.0 Å². The van der Waals surface area contributed by atoms with Crippen LogP contribution >= 0.6 is 15.9 Å². The number of carbonyl (C=O) groups excluding carboxylic acids is 1. The molecule has 0 aliphatic rings. The van der Waals surface area contributed by atoms with Gasteiger partial charge in [-0.05, 0) is 19.1 Å². The Morgan fingerprint density at radius 3 is 2.50 bits per heavy atom. The summed E-state index contributed by atoms with van der Waals surface area (Å²) in [6, 6.07) is 4.64. The lowest BCUT2D eigenvalue weighted by molar-refractivity contribution is -0.116. The van der Waals surface area contributed by atoms with Crippen LogP contribution in [0.5, 0.6) is 5.75 Å². The van der Waals surface area contributed by atoms with Crippen LogP contribution in [0.3, 0.4) is 0 Å². The van der Waals surface area contributed by atoms with E-state index in [1.807, 2.05) is 0 Å². The lowest BCUT2D eigenvalue weighted by atomic mass is 10.0. The molecule has 0 aliphatic heterocycles. The molecule has 0 heterocycles. The second-order valence-electron chi connectivity index (χ2n) is 3.20. The Bertz CT molecular complexity index is 428. The molecule has 0 amide bonds. The monoisotopic (exact) mass is 286 g/mol. The molecule has 1 unspecified atom stereocenters. The van der Waals surface area contributed by atoms with Crippen LogP contribution in [-0.2, 0) is 4.79 Å². The summed E-state index contributed by atoms with van der Waals surface area (Å²) in [5.41, 5.74) is 0.418. The number of ketones is 1. The molecule has 0 radical (unpaired) electrons. The summed E-state index contributed by atoms with van der Waals surface area (Å²) in [5, 5.41) is 9.03. The predicted octanol–water partition coefficient (Wildman–Crippen LogP) is 2.42. The third kappa shape index (κ3) is 2.41. The first-order valence-electron chi connectivity index (χ1n) is 4.53. The fraction of sp³-hybridized carbons (Fsp3) is 0.273. The summed E-state index contributed by atoms with van der Waals surface area (Å²) in [5.74, 6) is -0.872. The Labute approximate surface area is 101 Å². The van der Waals surface area contributed by atoms with Crippen LogP contribution in [0.15, 0.2) is 18.2 Å². The number of hydrogen-bond acceptors (Lipinski definition) is 3. The van der Waals surface area contributed by atoms with E-state index in [0.29, 0.717) is 11.3 Å². The van der Waals surface area contributed by atoms with E-state index in [4.69, 9.17) is 9.84 Å². The van der Waals surface area contributed by atoms with Crippen molar-refractivity contribution in [3.8, 4) is 5.75 Å². The Morgan fingerprint density at radius 2 is 2.06 bits per heavy atom. The average Bonchev–Trinajstić information content (AvgIpc) is 2.26. The van der Waals surface area contributed by atoms with Crippen molar-refractivity contribution in [2.75, 3.05) is 7.11 Å². The van der Waals surface area contributed by atoms with Crippen molar-refractivity contribution in [3.63, 3.8) is 0 Å². The largest absolute Gasteiger partial charge is 0.496 e. The molecule has 86 valence electrons. The first-order chi connectivity index (χ1) is 7.49. The number of methoxy groups -OCH3 is 1. The summed E-state index contributed by atoms with van der Waals surface area (Å²) >= 11 is 3.17. The molecule has 0 bridgehead atoms. The summed E-state index contributed by atoms with van der Waals surface area (Å²) in [6.45, 7) is 1.39. The summed E-state index contributed by atoms with van der Waals surface area (Å²) in [4.78, 5) is 21.6. The van der Waals surface area contributed by atoms with Crippen LogP contribution in [-0.4, -0.2) is 24.0 Å². The number of hydrogen-bond donors (Lipinski definition) is 1. The molecular weight excluding hydrogens is 276 g/mol. The van der Waals surface area contributed by atoms with E-state index in [0.717, 1.165) is 0 Å². The smallest absolute Gasteiger partial charge is 0.336 e. The highest BCUT2D eigenvalue weighted by Crippen LogP contribution is 2.34. The van der Waals surface area contributed by atoms with Gasteiger partial charge in [0.15, 0.2) is 0 Å². The fourth-order valence-electron chi connectivity index (χ4n) is 1.37.